The Balaban J connectivity index is 0.000000682. The molecule has 2 saturated carbocycles. The molecule has 2 aliphatic rings. The first-order valence-electron chi connectivity index (χ1n) is 13.8. The molecular formula is C32H54O2. The van der Waals surface area contributed by atoms with Crippen molar-refractivity contribution in [3.8, 4) is 0 Å². The number of aliphatic hydroxyl groups excluding tert-OH is 1. The lowest BCUT2D eigenvalue weighted by molar-refractivity contribution is 0.105. The summed E-state index contributed by atoms with van der Waals surface area (Å²) in [5.41, 5.74) is 7.22. The quantitative estimate of drug-likeness (QED) is 0.180. The summed E-state index contributed by atoms with van der Waals surface area (Å²) >= 11 is 0. The highest BCUT2D eigenvalue weighted by Crippen LogP contribution is 2.33. The summed E-state index contributed by atoms with van der Waals surface area (Å²) in [5.74, 6) is 0. The minimum Gasteiger partial charge on any atom is -0.396 e. The van der Waals surface area contributed by atoms with E-state index in [4.69, 9.17) is 9.84 Å². The predicted octanol–water partition coefficient (Wildman–Crippen LogP) is 9.57. The lowest BCUT2D eigenvalue weighted by Crippen LogP contribution is -1.93. The highest BCUT2D eigenvalue weighted by molar-refractivity contribution is 5.07. The van der Waals surface area contributed by atoms with Crippen LogP contribution in [0.3, 0.4) is 0 Å². The lowest BCUT2D eigenvalue weighted by atomic mass is 10.0. The van der Waals surface area contributed by atoms with E-state index < -0.39 is 0 Å². The molecule has 0 aliphatic heterocycles. The van der Waals surface area contributed by atoms with Crippen LogP contribution >= 0.6 is 0 Å². The topological polar surface area (TPSA) is 29.5 Å². The van der Waals surface area contributed by atoms with Crippen LogP contribution in [0, 0.1) is 0 Å². The van der Waals surface area contributed by atoms with Gasteiger partial charge in [0, 0.05) is 6.61 Å². The Bertz CT molecular complexity index is 683. The minimum atomic E-state index is 0.258. The number of allylic oxidation sites excluding steroid dienone is 9. The molecule has 0 atom stereocenters. The van der Waals surface area contributed by atoms with Crippen molar-refractivity contribution in [1.82, 2.24) is 0 Å². The average molecular weight is 471 g/mol. The van der Waals surface area contributed by atoms with Crippen LogP contribution in [0.2, 0.25) is 0 Å². The first kappa shape index (κ1) is 30.7. The predicted molar refractivity (Wildman–Crippen MR) is 150 cm³/mol. The summed E-state index contributed by atoms with van der Waals surface area (Å²) < 4.78 is 5.47. The third kappa shape index (κ3) is 20.0. The van der Waals surface area contributed by atoms with E-state index in [0.717, 1.165) is 38.5 Å². The minimum absolute atomic E-state index is 0.258. The summed E-state index contributed by atoms with van der Waals surface area (Å²) in [6.07, 6.45) is 28.5. The molecule has 1 N–H and O–H groups in total. The van der Waals surface area contributed by atoms with Gasteiger partial charge in [-0.2, -0.15) is 0 Å². The molecular weight excluding hydrogens is 416 g/mol. The van der Waals surface area contributed by atoms with Gasteiger partial charge in [0.2, 0.25) is 0 Å². The molecule has 2 rings (SSSR count). The molecule has 0 radical (unpaired) electrons. The molecule has 2 nitrogen and oxygen atoms in total. The van der Waals surface area contributed by atoms with Crippen LogP contribution in [0.4, 0.5) is 0 Å². The van der Waals surface area contributed by atoms with Gasteiger partial charge in [0.25, 0.3) is 0 Å². The highest BCUT2D eigenvalue weighted by Gasteiger charge is 2.31. The zero-order valence-electron chi connectivity index (χ0n) is 23.3. The molecule has 0 unspecified atom stereocenters. The molecule has 0 amide bonds. The highest BCUT2D eigenvalue weighted by atomic mass is 16.5. The number of hydrogen-bond acceptors (Lipinski definition) is 2. The van der Waals surface area contributed by atoms with Crippen molar-refractivity contribution >= 4 is 0 Å². The smallest absolute Gasteiger partial charge is 0.0580 e. The van der Waals surface area contributed by atoms with Gasteiger partial charge in [-0.1, -0.05) is 58.2 Å². The number of hydrogen-bond donors (Lipinski definition) is 1. The van der Waals surface area contributed by atoms with Crippen LogP contribution in [0.1, 0.15) is 125 Å². The summed E-state index contributed by atoms with van der Waals surface area (Å²) in [4.78, 5) is 0. The van der Waals surface area contributed by atoms with Crippen molar-refractivity contribution < 1.29 is 9.84 Å². The zero-order chi connectivity index (χ0) is 25.2. The van der Waals surface area contributed by atoms with Crippen molar-refractivity contribution in [3.63, 3.8) is 0 Å². The molecule has 2 heteroatoms. The van der Waals surface area contributed by atoms with E-state index in [1.54, 1.807) is 0 Å². The number of ether oxygens (including phenoxy) is 1. The van der Waals surface area contributed by atoms with Gasteiger partial charge in [-0.05, 0) is 125 Å². The van der Waals surface area contributed by atoms with Crippen molar-refractivity contribution in [2.24, 2.45) is 0 Å². The lowest BCUT2D eigenvalue weighted by Gasteiger charge is -2.02. The Morgan fingerprint density at radius 2 is 0.912 bits per heavy atom. The molecule has 0 spiro atoms. The Labute approximate surface area is 212 Å². The standard InChI is InChI=1S/C26H44O.C6H10O/c1-22(2)12-9-15-25(5)18-10-16-23(3)13-7-8-14-24(4)17-11-19-26(6)20-21-27;1-2-5(1)7-6-3-4-6/h12-14,18-19,27H,7-11,15-17,20-21H2,1-6H3;5-6H,1-4H2/b23-13+,24-14+,25-18+,26-19+;. The molecule has 0 aromatic carbocycles. The van der Waals surface area contributed by atoms with E-state index >= 15 is 0 Å². The zero-order valence-corrected chi connectivity index (χ0v) is 23.3. The molecule has 0 aromatic rings. The van der Waals surface area contributed by atoms with Crippen LogP contribution in [-0.4, -0.2) is 23.9 Å². The number of unbranched alkanes of at least 4 members (excludes halogenated alkanes) is 1. The molecule has 34 heavy (non-hydrogen) atoms. The number of rotatable bonds is 16. The molecule has 0 aromatic heterocycles. The molecule has 0 heterocycles. The van der Waals surface area contributed by atoms with E-state index in [9.17, 15) is 0 Å². The third-order valence-electron chi connectivity index (χ3n) is 6.25. The summed E-state index contributed by atoms with van der Waals surface area (Å²) in [5, 5.41) is 8.90. The van der Waals surface area contributed by atoms with Crippen LogP contribution in [-0.2, 0) is 4.74 Å². The normalized spacial score (nSPS) is 17.4. The first-order chi connectivity index (χ1) is 16.3. The van der Waals surface area contributed by atoms with E-state index in [2.05, 4.69) is 71.9 Å². The SMILES string of the molecule is C1CC1OC1CC1.CC(C)=CCC/C(C)=C/CC/C(C)=C/CC/C=C(\C)CC/C=C(\C)CCO. The van der Waals surface area contributed by atoms with Gasteiger partial charge in [-0.15, -0.1) is 0 Å². The molecule has 2 aliphatic carbocycles. The Kier molecular flexibility index (Phi) is 17.0. The maximum atomic E-state index is 8.90. The second kappa shape index (κ2) is 18.9. The van der Waals surface area contributed by atoms with Gasteiger partial charge in [0.15, 0.2) is 0 Å². The van der Waals surface area contributed by atoms with Crippen molar-refractivity contribution in [1.29, 1.82) is 0 Å². The second-order valence-corrected chi connectivity index (χ2v) is 10.7. The van der Waals surface area contributed by atoms with Gasteiger partial charge >= 0.3 is 0 Å². The Morgan fingerprint density at radius 3 is 1.26 bits per heavy atom. The van der Waals surface area contributed by atoms with Crippen LogP contribution in [0.25, 0.3) is 0 Å². The van der Waals surface area contributed by atoms with Gasteiger partial charge < -0.3 is 9.84 Å². The summed E-state index contributed by atoms with van der Waals surface area (Å²) in [6.45, 7) is 13.4. The Morgan fingerprint density at radius 1 is 0.559 bits per heavy atom. The average Bonchev–Trinajstić information content (AvgIpc) is 3.70. The molecule has 0 saturated heterocycles. The fourth-order valence-electron chi connectivity index (χ4n) is 3.61. The maximum absolute atomic E-state index is 8.90. The number of aliphatic hydroxyl groups is 1. The van der Waals surface area contributed by atoms with Crippen LogP contribution < -0.4 is 0 Å². The van der Waals surface area contributed by atoms with Crippen molar-refractivity contribution in [2.45, 2.75) is 137 Å². The largest absolute Gasteiger partial charge is 0.396 e. The third-order valence-corrected chi connectivity index (χ3v) is 6.25. The fourth-order valence-corrected chi connectivity index (χ4v) is 3.61. The maximum Gasteiger partial charge on any atom is 0.0580 e. The van der Waals surface area contributed by atoms with Crippen LogP contribution in [0.5, 0.6) is 0 Å². The first-order valence-corrected chi connectivity index (χ1v) is 13.8. The van der Waals surface area contributed by atoms with Gasteiger partial charge in [-0.25, -0.2) is 0 Å². The summed E-state index contributed by atoms with van der Waals surface area (Å²) in [6, 6.07) is 0. The van der Waals surface area contributed by atoms with E-state index in [1.807, 2.05) is 0 Å². The van der Waals surface area contributed by atoms with Crippen molar-refractivity contribution in [2.75, 3.05) is 6.61 Å². The molecule has 194 valence electrons. The molecule has 0 bridgehead atoms. The van der Waals surface area contributed by atoms with E-state index in [1.165, 1.54) is 72.8 Å². The fraction of sp³-hybridized carbons (Fsp3) is 0.688. The van der Waals surface area contributed by atoms with E-state index in [-0.39, 0.29) is 6.61 Å². The Hall–Kier alpha value is -1.38. The van der Waals surface area contributed by atoms with Gasteiger partial charge in [-0.3, -0.25) is 0 Å². The van der Waals surface area contributed by atoms with Gasteiger partial charge in [0.05, 0.1) is 12.2 Å². The van der Waals surface area contributed by atoms with Crippen LogP contribution in [0.15, 0.2) is 58.2 Å². The molecule has 2 fully saturated rings. The van der Waals surface area contributed by atoms with E-state index in [0.29, 0.717) is 12.2 Å². The van der Waals surface area contributed by atoms with Gasteiger partial charge in [0.1, 0.15) is 0 Å². The second-order valence-electron chi connectivity index (χ2n) is 10.7. The van der Waals surface area contributed by atoms with Crippen molar-refractivity contribution in [3.05, 3.63) is 58.2 Å². The summed E-state index contributed by atoms with van der Waals surface area (Å²) in [7, 11) is 0. The monoisotopic (exact) mass is 470 g/mol.